The SMILES string of the molecule is O=C(CBr)NOCCOCCC(=O)ON1C(=O)CCC1=O. The lowest BCUT2D eigenvalue weighted by Crippen LogP contribution is -2.32. The van der Waals surface area contributed by atoms with Gasteiger partial charge >= 0.3 is 5.97 Å². The molecule has 0 aromatic carbocycles. The molecule has 10 heteroatoms. The highest BCUT2D eigenvalue weighted by Crippen LogP contribution is 2.12. The Bertz CT molecular complexity index is 399. The molecule has 0 bridgehead atoms. The molecule has 0 radical (unpaired) electrons. The minimum absolute atomic E-state index is 0.0464. The van der Waals surface area contributed by atoms with E-state index < -0.39 is 17.8 Å². The summed E-state index contributed by atoms with van der Waals surface area (Å²) in [5.41, 5.74) is 2.15. The normalized spacial score (nSPS) is 14.4. The van der Waals surface area contributed by atoms with Gasteiger partial charge in [0.05, 0.1) is 31.6 Å². The van der Waals surface area contributed by atoms with Gasteiger partial charge in [-0.05, 0) is 0 Å². The Morgan fingerprint density at radius 3 is 2.43 bits per heavy atom. The summed E-state index contributed by atoms with van der Waals surface area (Å²) in [6.45, 7) is 0.332. The summed E-state index contributed by atoms with van der Waals surface area (Å²) in [6.07, 6.45) is 0.00492. The smallest absolute Gasteiger partial charge is 0.335 e. The predicted molar refractivity (Wildman–Crippen MR) is 70.5 cm³/mol. The second kappa shape index (κ2) is 9.42. The van der Waals surface area contributed by atoms with E-state index >= 15 is 0 Å². The van der Waals surface area contributed by atoms with Crippen LogP contribution in [0.5, 0.6) is 0 Å². The zero-order valence-corrected chi connectivity index (χ0v) is 12.7. The summed E-state index contributed by atoms with van der Waals surface area (Å²) in [5.74, 6) is -2.10. The first-order valence-electron chi connectivity index (χ1n) is 6.15. The van der Waals surface area contributed by atoms with Crippen LogP contribution in [0, 0.1) is 0 Å². The van der Waals surface area contributed by atoms with Crippen molar-refractivity contribution in [2.45, 2.75) is 19.3 Å². The topological polar surface area (TPSA) is 111 Å². The van der Waals surface area contributed by atoms with E-state index in [0.29, 0.717) is 5.06 Å². The van der Waals surface area contributed by atoms with Crippen molar-refractivity contribution in [1.29, 1.82) is 0 Å². The zero-order valence-electron chi connectivity index (χ0n) is 11.1. The van der Waals surface area contributed by atoms with Crippen LogP contribution in [-0.2, 0) is 33.6 Å². The minimum Gasteiger partial charge on any atom is -0.378 e. The molecule has 21 heavy (non-hydrogen) atoms. The Morgan fingerprint density at radius 1 is 1.14 bits per heavy atom. The van der Waals surface area contributed by atoms with Crippen molar-refractivity contribution < 1.29 is 33.6 Å². The van der Waals surface area contributed by atoms with E-state index in [4.69, 9.17) is 9.57 Å². The summed E-state index contributed by atoms with van der Waals surface area (Å²) >= 11 is 2.94. The van der Waals surface area contributed by atoms with Crippen LogP contribution >= 0.6 is 15.9 Å². The van der Waals surface area contributed by atoms with Crippen LogP contribution in [0.1, 0.15) is 19.3 Å². The van der Waals surface area contributed by atoms with E-state index in [9.17, 15) is 19.2 Å². The number of nitrogens with one attached hydrogen (secondary N) is 1. The number of nitrogens with zero attached hydrogens (tertiary/aromatic N) is 1. The third-order valence-electron chi connectivity index (χ3n) is 2.29. The molecule has 118 valence electrons. The first kappa shape index (κ1) is 17.5. The third kappa shape index (κ3) is 6.65. The van der Waals surface area contributed by atoms with Gasteiger partial charge in [-0.15, -0.1) is 5.06 Å². The van der Waals surface area contributed by atoms with Gasteiger partial charge in [0.2, 0.25) is 0 Å². The maximum absolute atomic E-state index is 11.4. The molecule has 0 aliphatic carbocycles. The van der Waals surface area contributed by atoms with Crippen LogP contribution in [0.25, 0.3) is 0 Å². The molecule has 0 saturated carbocycles. The number of hydroxylamine groups is 3. The van der Waals surface area contributed by atoms with Gasteiger partial charge in [-0.2, -0.15) is 0 Å². The van der Waals surface area contributed by atoms with E-state index in [1.54, 1.807) is 0 Å². The molecule has 0 atom stereocenters. The molecule has 1 aliphatic rings. The highest BCUT2D eigenvalue weighted by atomic mass is 79.9. The average molecular weight is 367 g/mol. The molecule has 1 aliphatic heterocycles. The van der Waals surface area contributed by atoms with Crippen molar-refractivity contribution in [2.24, 2.45) is 0 Å². The largest absolute Gasteiger partial charge is 0.378 e. The molecule has 1 saturated heterocycles. The second-order valence-electron chi connectivity index (χ2n) is 3.91. The Balaban J connectivity index is 2.02. The first-order valence-corrected chi connectivity index (χ1v) is 7.27. The molecule has 0 unspecified atom stereocenters. The van der Waals surface area contributed by atoms with E-state index in [0.717, 1.165) is 0 Å². The fourth-order valence-corrected chi connectivity index (χ4v) is 1.44. The summed E-state index contributed by atoms with van der Waals surface area (Å²) in [5, 5.41) is 0.620. The number of hydrogen-bond donors (Lipinski definition) is 1. The van der Waals surface area contributed by atoms with Crippen LogP contribution in [0.3, 0.4) is 0 Å². The van der Waals surface area contributed by atoms with Crippen molar-refractivity contribution in [3.8, 4) is 0 Å². The van der Waals surface area contributed by atoms with Gasteiger partial charge in [0, 0.05) is 12.8 Å². The molecular weight excluding hydrogens is 352 g/mol. The van der Waals surface area contributed by atoms with Crippen LogP contribution in [0.15, 0.2) is 0 Å². The standard InChI is InChI=1S/C11H15BrN2O7/c12-7-8(15)13-20-6-5-19-4-3-11(18)21-14-9(16)1-2-10(14)17/h1-7H2,(H,13,15). The van der Waals surface area contributed by atoms with Crippen molar-refractivity contribution in [3.63, 3.8) is 0 Å². The van der Waals surface area contributed by atoms with E-state index in [1.165, 1.54) is 0 Å². The number of carbonyl (C=O) groups excluding carboxylic acids is 4. The van der Waals surface area contributed by atoms with Crippen molar-refractivity contribution in [2.75, 3.05) is 25.2 Å². The Morgan fingerprint density at radius 2 is 1.81 bits per heavy atom. The van der Waals surface area contributed by atoms with E-state index in [1.807, 2.05) is 0 Å². The maximum Gasteiger partial charge on any atom is 0.335 e. The quantitative estimate of drug-likeness (QED) is 0.252. The number of rotatable bonds is 9. The number of carbonyl (C=O) groups is 4. The molecular formula is C11H15BrN2O7. The second-order valence-corrected chi connectivity index (χ2v) is 4.48. The lowest BCUT2D eigenvalue weighted by Gasteiger charge is -2.12. The summed E-state index contributed by atoms with van der Waals surface area (Å²) in [6, 6.07) is 0. The van der Waals surface area contributed by atoms with Gasteiger partial charge in [-0.25, -0.2) is 10.3 Å². The third-order valence-corrected chi connectivity index (χ3v) is 2.80. The average Bonchev–Trinajstić information content (AvgIpc) is 2.77. The van der Waals surface area contributed by atoms with Crippen LogP contribution in [0.4, 0.5) is 0 Å². The van der Waals surface area contributed by atoms with Crippen LogP contribution < -0.4 is 5.48 Å². The highest BCUT2D eigenvalue weighted by molar-refractivity contribution is 9.09. The van der Waals surface area contributed by atoms with E-state index in [-0.39, 0.29) is 50.3 Å². The first-order chi connectivity index (χ1) is 10.0. The van der Waals surface area contributed by atoms with Crippen molar-refractivity contribution >= 4 is 39.6 Å². The lowest BCUT2D eigenvalue weighted by molar-refractivity contribution is -0.198. The van der Waals surface area contributed by atoms with E-state index in [2.05, 4.69) is 26.2 Å². The molecule has 1 N–H and O–H groups in total. The fourth-order valence-electron chi connectivity index (χ4n) is 1.32. The molecule has 0 spiro atoms. The van der Waals surface area contributed by atoms with Gasteiger partial charge in [-0.3, -0.25) is 19.2 Å². The molecule has 0 aromatic rings. The number of amides is 3. The maximum atomic E-state index is 11.4. The summed E-state index contributed by atoms with van der Waals surface area (Å²) in [4.78, 5) is 53.9. The molecule has 9 nitrogen and oxygen atoms in total. The molecule has 1 fully saturated rings. The van der Waals surface area contributed by atoms with Crippen molar-refractivity contribution in [3.05, 3.63) is 0 Å². The minimum atomic E-state index is -0.730. The number of alkyl halides is 1. The number of imide groups is 1. The predicted octanol–water partition coefficient (Wildman–Crippen LogP) is -0.557. The number of ether oxygens (including phenoxy) is 1. The fraction of sp³-hybridized carbons (Fsp3) is 0.636. The highest BCUT2D eigenvalue weighted by Gasteiger charge is 2.32. The lowest BCUT2D eigenvalue weighted by atomic mass is 10.4. The van der Waals surface area contributed by atoms with Crippen molar-refractivity contribution in [1.82, 2.24) is 10.5 Å². The zero-order chi connectivity index (χ0) is 15.7. The Hall–Kier alpha value is -1.52. The molecule has 0 aromatic heterocycles. The number of hydrogen-bond acceptors (Lipinski definition) is 7. The van der Waals surface area contributed by atoms with Gasteiger partial charge in [-0.1, -0.05) is 15.9 Å². The molecule has 1 rings (SSSR count). The molecule has 3 amide bonds. The summed E-state index contributed by atoms with van der Waals surface area (Å²) < 4.78 is 5.06. The Kier molecular flexibility index (Phi) is 7.87. The van der Waals surface area contributed by atoms with Crippen LogP contribution in [0.2, 0.25) is 0 Å². The van der Waals surface area contributed by atoms with Crippen LogP contribution in [-0.4, -0.2) is 53.9 Å². The summed E-state index contributed by atoms with van der Waals surface area (Å²) in [7, 11) is 0. The van der Waals surface area contributed by atoms with Gasteiger partial charge in [0.1, 0.15) is 0 Å². The monoisotopic (exact) mass is 366 g/mol. The Labute approximate surface area is 128 Å². The van der Waals surface area contributed by atoms with Gasteiger partial charge in [0.25, 0.3) is 17.7 Å². The molecule has 1 heterocycles. The number of halogens is 1. The van der Waals surface area contributed by atoms with Gasteiger partial charge < -0.3 is 9.57 Å². The van der Waals surface area contributed by atoms with Gasteiger partial charge in [0.15, 0.2) is 0 Å².